The largest absolute Gasteiger partial charge is 0.330 e. The quantitative estimate of drug-likeness (QED) is 0.809. The molecule has 5 rings (SSSR count). The summed E-state index contributed by atoms with van der Waals surface area (Å²) in [5.74, 6) is 6.22. The van der Waals surface area contributed by atoms with Gasteiger partial charge in [0.1, 0.15) is 0 Å². The Morgan fingerprint density at radius 3 is 1.95 bits per heavy atom. The summed E-state index contributed by atoms with van der Waals surface area (Å²) >= 11 is 0. The highest BCUT2D eigenvalue weighted by Gasteiger charge is 2.57. The van der Waals surface area contributed by atoms with E-state index in [2.05, 4.69) is 6.92 Å². The van der Waals surface area contributed by atoms with Crippen LogP contribution in [0.2, 0.25) is 0 Å². The average molecular weight is 261 g/mol. The van der Waals surface area contributed by atoms with E-state index in [4.69, 9.17) is 5.73 Å². The molecule has 5 fully saturated rings. The smallest absolute Gasteiger partial charge is 0.00461 e. The number of nitrogens with two attached hydrogens (primary N) is 1. The van der Waals surface area contributed by atoms with Crippen molar-refractivity contribution >= 4 is 0 Å². The third kappa shape index (κ3) is 1.76. The molecule has 0 aliphatic heterocycles. The average Bonchev–Trinajstić information content (AvgIpc) is 2.87. The van der Waals surface area contributed by atoms with Crippen molar-refractivity contribution < 1.29 is 0 Å². The van der Waals surface area contributed by atoms with Crippen molar-refractivity contribution in [3.63, 3.8) is 0 Å². The third-order valence-corrected chi connectivity index (χ3v) is 7.76. The summed E-state index contributed by atoms with van der Waals surface area (Å²) in [5.41, 5.74) is 6.78. The Morgan fingerprint density at radius 2 is 1.47 bits per heavy atom. The van der Waals surface area contributed by atoms with Crippen molar-refractivity contribution in [2.75, 3.05) is 6.54 Å². The second-order valence-corrected chi connectivity index (χ2v) is 8.53. The SMILES string of the molecule is CC(CN)C1(C2C3CC4CC(C3)CC2C4)CCCC1. The molecule has 1 unspecified atom stereocenters. The van der Waals surface area contributed by atoms with Crippen LogP contribution in [0.3, 0.4) is 0 Å². The molecule has 0 amide bonds. The maximum Gasteiger partial charge on any atom is -0.00461 e. The van der Waals surface area contributed by atoms with E-state index < -0.39 is 0 Å². The van der Waals surface area contributed by atoms with Gasteiger partial charge in [-0.3, -0.25) is 0 Å². The Bertz CT molecular complexity index is 314. The van der Waals surface area contributed by atoms with Gasteiger partial charge in [0, 0.05) is 0 Å². The fourth-order valence-corrected chi connectivity index (χ4v) is 7.29. The van der Waals surface area contributed by atoms with Gasteiger partial charge in [-0.2, -0.15) is 0 Å². The van der Waals surface area contributed by atoms with E-state index in [1.54, 1.807) is 32.1 Å². The van der Waals surface area contributed by atoms with Gasteiger partial charge >= 0.3 is 0 Å². The summed E-state index contributed by atoms with van der Waals surface area (Å²) in [6.07, 6.45) is 13.9. The molecule has 0 aromatic carbocycles. The summed E-state index contributed by atoms with van der Waals surface area (Å²) in [6, 6.07) is 0. The lowest BCUT2D eigenvalue weighted by Crippen LogP contribution is -2.53. The zero-order valence-electron chi connectivity index (χ0n) is 12.6. The molecule has 5 aliphatic carbocycles. The summed E-state index contributed by atoms with van der Waals surface area (Å²) in [7, 11) is 0. The van der Waals surface area contributed by atoms with Crippen molar-refractivity contribution in [1.82, 2.24) is 0 Å². The maximum absolute atomic E-state index is 6.13. The van der Waals surface area contributed by atoms with Gasteiger partial charge in [-0.15, -0.1) is 0 Å². The van der Waals surface area contributed by atoms with Crippen LogP contribution in [0.15, 0.2) is 0 Å². The van der Waals surface area contributed by atoms with Crippen LogP contribution in [-0.2, 0) is 0 Å². The molecule has 1 nitrogen and oxygen atoms in total. The molecule has 108 valence electrons. The normalized spacial score (nSPS) is 48.6. The summed E-state index contributed by atoms with van der Waals surface area (Å²) in [5, 5.41) is 0. The Labute approximate surface area is 118 Å². The highest BCUT2D eigenvalue weighted by atomic mass is 14.7. The fraction of sp³-hybridized carbons (Fsp3) is 1.00. The van der Waals surface area contributed by atoms with Gasteiger partial charge in [0.25, 0.3) is 0 Å². The van der Waals surface area contributed by atoms with E-state index in [0.717, 1.165) is 42.1 Å². The molecule has 5 saturated carbocycles. The minimum Gasteiger partial charge on any atom is -0.330 e. The highest BCUT2D eigenvalue weighted by Crippen LogP contribution is 2.65. The summed E-state index contributed by atoms with van der Waals surface area (Å²) in [4.78, 5) is 0. The van der Waals surface area contributed by atoms with E-state index in [1.807, 2.05) is 0 Å². The zero-order valence-corrected chi connectivity index (χ0v) is 12.6. The molecule has 1 heteroatoms. The predicted octanol–water partition coefficient (Wildman–Crippen LogP) is 4.21. The number of rotatable bonds is 3. The zero-order chi connectivity index (χ0) is 13.0. The molecule has 0 heterocycles. The minimum atomic E-state index is 0.650. The molecule has 5 aliphatic rings. The first-order valence-electron chi connectivity index (χ1n) is 8.93. The highest BCUT2D eigenvalue weighted by molar-refractivity contribution is 5.06. The second kappa shape index (κ2) is 4.48. The van der Waals surface area contributed by atoms with Gasteiger partial charge in [-0.05, 0) is 92.4 Å². The van der Waals surface area contributed by atoms with Gasteiger partial charge < -0.3 is 5.73 Å². The Kier molecular flexibility index (Phi) is 2.99. The predicted molar refractivity (Wildman–Crippen MR) is 79.7 cm³/mol. The first-order chi connectivity index (χ1) is 9.23. The van der Waals surface area contributed by atoms with Crippen molar-refractivity contribution in [1.29, 1.82) is 0 Å². The van der Waals surface area contributed by atoms with Gasteiger partial charge in [-0.25, -0.2) is 0 Å². The lowest BCUT2D eigenvalue weighted by atomic mass is 9.44. The molecule has 19 heavy (non-hydrogen) atoms. The number of hydrogen-bond acceptors (Lipinski definition) is 1. The van der Waals surface area contributed by atoms with Crippen molar-refractivity contribution in [3.05, 3.63) is 0 Å². The van der Waals surface area contributed by atoms with Crippen LogP contribution in [0.1, 0.15) is 64.7 Å². The standard InChI is InChI=1S/C18H31N/c1-12(11-19)18(4-2-3-5-18)17-15-7-13-6-14(9-15)10-16(17)8-13/h12-17H,2-11,19H2,1H3. The van der Waals surface area contributed by atoms with E-state index >= 15 is 0 Å². The minimum absolute atomic E-state index is 0.650. The molecule has 0 spiro atoms. The first kappa shape index (κ1) is 12.7. The lowest BCUT2D eigenvalue weighted by Gasteiger charge is -2.61. The van der Waals surface area contributed by atoms with E-state index in [1.165, 1.54) is 25.7 Å². The molecule has 4 bridgehead atoms. The first-order valence-corrected chi connectivity index (χ1v) is 8.93. The fourth-order valence-electron chi connectivity index (χ4n) is 7.29. The topological polar surface area (TPSA) is 26.0 Å². The van der Waals surface area contributed by atoms with Crippen LogP contribution >= 0.6 is 0 Å². The summed E-state index contributed by atoms with van der Waals surface area (Å²) < 4.78 is 0. The Hall–Kier alpha value is -0.0400. The molecular formula is C18H31N. The molecule has 0 aromatic heterocycles. The number of hydrogen-bond donors (Lipinski definition) is 1. The molecular weight excluding hydrogens is 230 g/mol. The van der Waals surface area contributed by atoms with Crippen molar-refractivity contribution in [3.8, 4) is 0 Å². The van der Waals surface area contributed by atoms with Crippen LogP contribution in [0.25, 0.3) is 0 Å². The van der Waals surface area contributed by atoms with Gasteiger partial charge in [-0.1, -0.05) is 19.8 Å². The molecule has 2 N–H and O–H groups in total. The Balaban J connectivity index is 1.66. The van der Waals surface area contributed by atoms with Gasteiger partial charge in [0.15, 0.2) is 0 Å². The van der Waals surface area contributed by atoms with E-state index in [-0.39, 0.29) is 0 Å². The second-order valence-electron chi connectivity index (χ2n) is 8.53. The molecule has 0 aromatic rings. The van der Waals surface area contributed by atoms with Crippen LogP contribution in [-0.4, -0.2) is 6.54 Å². The lowest BCUT2D eigenvalue weighted by molar-refractivity contribution is -0.112. The monoisotopic (exact) mass is 261 g/mol. The van der Waals surface area contributed by atoms with Crippen molar-refractivity contribution in [2.24, 2.45) is 46.7 Å². The van der Waals surface area contributed by atoms with Crippen LogP contribution in [0.5, 0.6) is 0 Å². The van der Waals surface area contributed by atoms with Gasteiger partial charge in [0.2, 0.25) is 0 Å². The van der Waals surface area contributed by atoms with Gasteiger partial charge in [0.05, 0.1) is 0 Å². The van der Waals surface area contributed by atoms with Crippen molar-refractivity contribution in [2.45, 2.75) is 64.7 Å². The van der Waals surface area contributed by atoms with Crippen LogP contribution in [0.4, 0.5) is 0 Å². The third-order valence-electron chi connectivity index (χ3n) is 7.76. The van der Waals surface area contributed by atoms with E-state index in [9.17, 15) is 0 Å². The summed E-state index contributed by atoms with van der Waals surface area (Å²) in [6.45, 7) is 3.39. The maximum atomic E-state index is 6.13. The van der Waals surface area contributed by atoms with E-state index in [0.29, 0.717) is 5.41 Å². The van der Waals surface area contributed by atoms with Crippen LogP contribution in [0, 0.1) is 40.9 Å². The molecule has 0 saturated heterocycles. The molecule has 0 radical (unpaired) electrons. The van der Waals surface area contributed by atoms with Crippen LogP contribution < -0.4 is 5.73 Å². The molecule has 1 atom stereocenters. The Morgan fingerprint density at radius 1 is 0.947 bits per heavy atom.